The Balaban J connectivity index is 1.63. The van der Waals surface area contributed by atoms with E-state index in [4.69, 9.17) is 23.2 Å². The summed E-state index contributed by atoms with van der Waals surface area (Å²) in [5.41, 5.74) is 1.75. The number of rotatable bonds is 3. The highest BCUT2D eigenvalue weighted by Crippen LogP contribution is 2.26. The molecule has 4 rings (SSSR count). The number of benzene rings is 2. The fourth-order valence-corrected chi connectivity index (χ4v) is 4.01. The van der Waals surface area contributed by atoms with Crippen LogP contribution in [-0.2, 0) is 13.0 Å². The summed E-state index contributed by atoms with van der Waals surface area (Å²) in [7, 11) is 0. The Morgan fingerprint density at radius 3 is 2.81 bits per heavy atom. The molecule has 1 N–H and O–H groups in total. The third-order valence-corrected chi connectivity index (χ3v) is 5.42. The van der Waals surface area contributed by atoms with Crippen molar-refractivity contribution in [2.75, 3.05) is 0 Å². The molecule has 0 saturated carbocycles. The van der Waals surface area contributed by atoms with Gasteiger partial charge in [0.25, 0.3) is 11.5 Å². The lowest BCUT2D eigenvalue weighted by molar-refractivity contribution is 0.0940. The van der Waals surface area contributed by atoms with E-state index in [1.165, 1.54) is 0 Å². The summed E-state index contributed by atoms with van der Waals surface area (Å²) >= 11 is 12.1. The summed E-state index contributed by atoms with van der Waals surface area (Å²) in [6.07, 6.45) is 1.71. The first-order valence-corrected chi connectivity index (χ1v) is 9.49. The molecule has 27 heavy (non-hydrogen) atoms. The molecule has 0 saturated heterocycles. The lowest BCUT2D eigenvalue weighted by atomic mass is 10.1. The van der Waals surface area contributed by atoms with E-state index in [0.29, 0.717) is 33.1 Å². The Morgan fingerprint density at radius 2 is 2.04 bits per heavy atom. The number of aromatic nitrogens is 2. The zero-order chi connectivity index (χ0) is 19.1. The smallest absolute Gasteiger partial charge is 0.261 e. The van der Waals surface area contributed by atoms with Crippen LogP contribution in [0.5, 0.6) is 0 Å². The van der Waals surface area contributed by atoms with Crippen LogP contribution in [0.2, 0.25) is 10.0 Å². The molecule has 1 amide bonds. The van der Waals surface area contributed by atoms with Crippen LogP contribution in [0, 0.1) is 0 Å². The quantitative estimate of drug-likeness (QED) is 0.716. The second-order valence-corrected chi connectivity index (χ2v) is 7.52. The number of hydrogen-bond donors (Lipinski definition) is 1. The molecule has 2 heterocycles. The molecular weight excluding hydrogens is 385 g/mol. The molecule has 0 bridgehead atoms. The first-order valence-electron chi connectivity index (χ1n) is 8.73. The summed E-state index contributed by atoms with van der Waals surface area (Å²) in [5.74, 6) is 0.532. The highest BCUT2D eigenvalue weighted by Gasteiger charge is 2.18. The molecule has 5 nitrogen and oxygen atoms in total. The van der Waals surface area contributed by atoms with Gasteiger partial charge in [-0.3, -0.25) is 14.2 Å². The number of carbonyl (C=O) groups is 1. The first kappa shape index (κ1) is 18.0. The van der Waals surface area contributed by atoms with Gasteiger partial charge in [0.15, 0.2) is 0 Å². The molecular formula is C20H17Cl2N3O2. The van der Waals surface area contributed by atoms with E-state index in [9.17, 15) is 9.59 Å². The number of hydrogen-bond acceptors (Lipinski definition) is 3. The minimum Gasteiger partial charge on any atom is -0.345 e. The molecule has 0 spiro atoms. The predicted octanol–water partition coefficient (Wildman–Crippen LogP) is 4.14. The van der Waals surface area contributed by atoms with Gasteiger partial charge in [-0.2, -0.15) is 0 Å². The Kier molecular flexibility index (Phi) is 4.66. The first-order chi connectivity index (χ1) is 12.9. The van der Waals surface area contributed by atoms with Crippen molar-refractivity contribution in [3.05, 3.63) is 73.7 Å². The van der Waals surface area contributed by atoms with E-state index in [-0.39, 0.29) is 17.5 Å². The maximum Gasteiger partial charge on any atom is 0.261 e. The topological polar surface area (TPSA) is 64.0 Å². The van der Waals surface area contributed by atoms with Crippen LogP contribution in [0.4, 0.5) is 0 Å². The van der Waals surface area contributed by atoms with E-state index < -0.39 is 0 Å². The second kappa shape index (κ2) is 6.98. The van der Waals surface area contributed by atoms with Crippen molar-refractivity contribution >= 4 is 40.0 Å². The zero-order valence-corrected chi connectivity index (χ0v) is 16.1. The lowest BCUT2D eigenvalue weighted by Crippen LogP contribution is -2.27. The third kappa shape index (κ3) is 3.33. The Morgan fingerprint density at radius 1 is 1.22 bits per heavy atom. The average Bonchev–Trinajstić information content (AvgIpc) is 3.10. The van der Waals surface area contributed by atoms with Gasteiger partial charge in [0.2, 0.25) is 0 Å². The number of fused-ring (bicyclic) bond motifs is 2. The summed E-state index contributed by atoms with van der Waals surface area (Å²) in [6, 6.07) is 9.87. The van der Waals surface area contributed by atoms with E-state index in [1.54, 1.807) is 41.0 Å². The van der Waals surface area contributed by atoms with Crippen molar-refractivity contribution in [3.63, 3.8) is 0 Å². The van der Waals surface area contributed by atoms with Crippen LogP contribution in [0.25, 0.3) is 10.9 Å². The largest absolute Gasteiger partial charge is 0.345 e. The van der Waals surface area contributed by atoms with Gasteiger partial charge in [-0.25, -0.2) is 4.98 Å². The molecule has 7 heteroatoms. The monoisotopic (exact) mass is 401 g/mol. The summed E-state index contributed by atoms with van der Waals surface area (Å²) in [6.45, 7) is 2.56. The van der Waals surface area contributed by atoms with Crippen molar-refractivity contribution in [1.29, 1.82) is 0 Å². The second-order valence-electron chi connectivity index (χ2n) is 6.68. The van der Waals surface area contributed by atoms with Gasteiger partial charge in [0.05, 0.1) is 16.9 Å². The maximum absolute atomic E-state index is 12.7. The molecule has 0 fully saturated rings. The molecule has 2 aromatic carbocycles. The molecule has 1 aliphatic heterocycles. The summed E-state index contributed by atoms with van der Waals surface area (Å²) < 4.78 is 1.71. The highest BCUT2D eigenvalue weighted by atomic mass is 35.5. The highest BCUT2D eigenvalue weighted by molar-refractivity contribution is 6.35. The van der Waals surface area contributed by atoms with Gasteiger partial charge < -0.3 is 5.32 Å². The average molecular weight is 402 g/mol. The minimum absolute atomic E-state index is 0.0410. The van der Waals surface area contributed by atoms with Gasteiger partial charge >= 0.3 is 0 Å². The number of amides is 1. The van der Waals surface area contributed by atoms with E-state index in [0.717, 1.165) is 24.2 Å². The number of nitrogens with zero attached hydrogens (tertiary/aromatic N) is 2. The molecule has 0 aliphatic carbocycles. The van der Waals surface area contributed by atoms with Gasteiger partial charge in [0, 0.05) is 28.6 Å². The summed E-state index contributed by atoms with van der Waals surface area (Å²) in [4.78, 5) is 29.8. The Hall–Kier alpha value is -2.37. The molecule has 138 valence electrons. The molecule has 0 unspecified atom stereocenters. The molecule has 3 aromatic rings. The standard InChI is InChI=1S/C20H17Cl2N3O2/c1-11(14-7-5-13(21)10-16(14)22)23-19(26)12-4-6-15-17(9-12)24-18-3-2-8-25(18)20(15)27/h4-7,9-11H,2-3,8H2,1H3,(H,23,26)/t11-/m0/s1. The molecule has 0 radical (unpaired) electrons. The zero-order valence-electron chi connectivity index (χ0n) is 14.6. The molecule has 1 atom stereocenters. The van der Waals surface area contributed by atoms with E-state index in [2.05, 4.69) is 10.3 Å². The van der Waals surface area contributed by atoms with Crippen molar-refractivity contribution < 1.29 is 4.79 Å². The lowest BCUT2D eigenvalue weighted by Gasteiger charge is -2.16. The van der Waals surface area contributed by atoms with Crippen LogP contribution in [0.3, 0.4) is 0 Å². The van der Waals surface area contributed by atoms with Crippen LogP contribution in [-0.4, -0.2) is 15.5 Å². The van der Waals surface area contributed by atoms with Crippen molar-refractivity contribution in [2.45, 2.75) is 32.4 Å². The minimum atomic E-state index is -0.295. The van der Waals surface area contributed by atoms with Gasteiger partial charge in [0.1, 0.15) is 5.82 Å². The SMILES string of the molecule is C[C@H](NC(=O)c1ccc2c(=O)n3c(nc2c1)CCC3)c1ccc(Cl)cc1Cl. The Bertz CT molecular complexity index is 1120. The number of nitrogens with one attached hydrogen (secondary N) is 1. The van der Waals surface area contributed by atoms with Gasteiger partial charge in [-0.15, -0.1) is 0 Å². The summed E-state index contributed by atoms with van der Waals surface area (Å²) in [5, 5.41) is 4.50. The Labute approximate surface area is 165 Å². The van der Waals surface area contributed by atoms with E-state index >= 15 is 0 Å². The van der Waals surface area contributed by atoms with Crippen molar-refractivity contribution in [2.24, 2.45) is 0 Å². The van der Waals surface area contributed by atoms with Crippen molar-refractivity contribution in [1.82, 2.24) is 14.9 Å². The molecule has 1 aliphatic rings. The fraction of sp³-hybridized carbons (Fsp3) is 0.250. The number of aryl methyl sites for hydroxylation is 1. The predicted molar refractivity (Wildman–Crippen MR) is 107 cm³/mol. The third-order valence-electron chi connectivity index (χ3n) is 4.86. The van der Waals surface area contributed by atoms with Crippen LogP contribution >= 0.6 is 23.2 Å². The van der Waals surface area contributed by atoms with E-state index in [1.807, 2.05) is 6.92 Å². The number of halogens is 2. The molecule has 1 aromatic heterocycles. The van der Waals surface area contributed by atoms with Crippen molar-refractivity contribution in [3.8, 4) is 0 Å². The van der Waals surface area contributed by atoms with Gasteiger partial charge in [-0.05, 0) is 49.2 Å². The normalized spacial score (nSPS) is 14.2. The van der Waals surface area contributed by atoms with Crippen LogP contribution in [0.1, 0.15) is 41.1 Å². The van der Waals surface area contributed by atoms with Gasteiger partial charge in [-0.1, -0.05) is 29.3 Å². The number of carbonyl (C=O) groups excluding carboxylic acids is 1. The van der Waals surface area contributed by atoms with Crippen LogP contribution < -0.4 is 10.9 Å². The van der Waals surface area contributed by atoms with Crippen LogP contribution in [0.15, 0.2) is 41.2 Å². The fourth-order valence-electron chi connectivity index (χ4n) is 3.44. The maximum atomic E-state index is 12.7.